The summed E-state index contributed by atoms with van der Waals surface area (Å²) in [5, 5.41) is 11.5. The minimum atomic E-state index is 0.948. The summed E-state index contributed by atoms with van der Waals surface area (Å²) in [5.41, 5.74) is 1.23. The zero-order chi connectivity index (χ0) is 12.8. The maximum absolute atomic E-state index is 3.46. The molecule has 0 aliphatic carbocycles. The van der Waals surface area contributed by atoms with Crippen molar-refractivity contribution in [3.05, 3.63) is 54.6 Å². The maximum Gasteiger partial charge on any atom is 0.0420 e. The maximum atomic E-state index is 3.46. The largest absolute Gasteiger partial charge is 0.385 e. The molecular formula is C18H15N. The molecule has 0 aromatic heterocycles. The van der Waals surface area contributed by atoms with Crippen LogP contribution in [-0.4, -0.2) is 6.54 Å². The van der Waals surface area contributed by atoms with E-state index in [4.69, 9.17) is 0 Å². The van der Waals surface area contributed by atoms with Crippen molar-refractivity contribution >= 4 is 38.0 Å². The van der Waals surface area contributed by atoms with E-state index in [0.717, 1.165) is 6.54 Å². The average Bonchev–Trinajstić information content (AvgIpc) is 2.46. The summed E-state index contributed by atoms with van der Waals surface area (Å²) in [4.78, 5) is 0. The summed E-state index contributed by atoms with van der Waals surface area (Å²) < 4.78 is 0. The monoisotopic (exact) mass is 245 g/mol. The van der Waals surface area contributed by atoms with E-state index in [9.17, 15) is 0 Å². The highest BCUT2D eigenvalue weighted by Gasteiger charge is 2.09. The third-order valence-electron chi connectivity index (χ3n) is 3.90. The first kappa shape index (κ1) is 10.6. The predicted octanol–water partition coefficient (Wildman–Crippen LogP) is 5.02. The van der Waals surface area contributed by atoms with Crippen LogP contribution in [0, 0.1) is 0 Å². The standard InChI is InChI=1S/C18H15N/c1-2-19-16-11-9-14-7-6-12-4-3-5-13-8-10-15(16)18(14)17(12)13/h3-11,19H,2H2,1H3. The molecule has 0 unspecified atom stereocenters. The van der Waals surface area contributed by atoms with Gasteiger partial charge in [0.1, 0.15) is 0 Å². The number of hydrogen-bond acceptors (Lipinski definition) is 1. The minimum absolute atomic E-state index is 0.948. The van der Waals surface area contributed by atoms with Gasteiger partial charge in [0.05, 0.1) is 0 Å². The third kappa shape index (κ3) is 1.42. The van der Waals surface area contributed by atoms with Crippen LogP contribution in [0.2, 0.25) is 0 Å². The highest BCUT2D eigenvalue weighted by Crippen LogP contribution is 2.37. The summed E-state index contributed by atoms with van der Waals surface area (Å²) in [5.74, 6) is 0. The zero-order valence-electron chi connectivity index (χ0n) is 10.9. The van der Waals surface area contributed by atoms with Crippen molar-refractivity contribution in [1.29, 1.82) is 0 Å². The Labute approximate surface area is 112 Å². The highest BCUT2D eigenvalue weighted by molar-refractivity contribution is 6.25. The molecule has 0 spiro atoms. The average molecular weight is 245 g/mol. The molecule has 0 amide bonds. The molecular weight excluding hydrogens is 230 g/mol. The van der Waals surface area contributed by atoms with Crippen molar-refractivity contribution < 1.29 is 0 Å². The first-order valence-electron chi connectivity index (χ1n) is 6.79. The Morgan fingerprint density at radius 2 is 1.37 bits per heavy atom. The summed E-state index contributed by atoms with van der Waals surface area (Å²) in [6.45, 7) is 3.09. The van der Waals surface area contributed by atoms with Crippen LogP contribution in [0.15, 0.2) is 54.6 Å². The molecule has 1 nitrogen and oxygen atoms in total. The van der Waals surface area contributed by atoms with Crippen molar-refractivity contribution in [2.75, 3.05) is 11.9 Å². The van der Waals surface area contributed by atoms with Crippen LogP contribution >= 0.6 is 0 Å². The molecule has 4 aromatic carbocycles. The second-order valence-electron chi connectivity index (χ2n) is 5.00. The van der Waals surface area contributed by atoms with E-state index >= 15 is 0 Å². The van der Waals surface area contributed by atoms with Gasteiger partial charge in [0.2, 0.25) is 0 Å². The van der Waals surface area contributed by atoms with Crippen molar-refractivity contribution in [1.82, 2.24) is 0 Å². The molecule has 19 heavy (non-hydrogen) atoms. The molecule has 1 N–H and O–H groups in total. The van der Waals surface area contributed by atoms with Crippen LogP contribution in [0.25, 0.3) is 32.3 Å². The Morgan fingerprint density at radius 3 is 2.11 bits per heavy atom. The fourth-order valence-corrected chi connectivity index (χ4v) is 3.08. The van der Waals surface area contributed by atoms with Crippen LogP contribution in [0.5, 0.6) is 0 Å². The lowest BCUT2D eigenvalue weighted by Gasteiger charge is -2.14. The van der Waals surface area contributed by atoms with E-state index in [0.29, 0.717) is 0 Å². The lowest BCUT2D eigenvalue weighted by Crippen LogP contribution is -1.97. The first-order valence-corrected chi connectivity index (χ1v) is 6.79. The van der Waals surface area contributed by atoms with Gasteiger partial charge in [-0.2, -0.15) is 0 Å². The quantitative estimate of drug-likeness (QED) is 0.489. The van der Waals surface area contributed by atoms with E-state index in [2.05, 4.69) is 66.8 Å². The number of hydrogen-bond donors (Lipinski definition) is 1. The van der Waals surface area contributed by atoms with Gasteiger partial charge in [-0.15, -0.1) is 0 Å². The molecule has 0 bridgehead atoms. The topological polar surface area (TPSA) is 12.0 Å². The Bertz CT molecular complexity index is 861. The van der Waals surface area contributed by atoms with E-state index in [1.54, 1.807) is 0 Å². The predicted molar refractivity (Wildman–Crippen MR) is 84.3 cm³/mol. The molecule has 0 radical (unpaired) electrons. The molecule has 0 atom stereocenters. The molecule has 0 heterocycles. The summed E-state index contributed by atoms with van der Waals surface area (Å²) in [7, 11) is 0. The second kappa shape index (κ2) is 3.86. The molecule has 0 aliphatic heterocycles. The Morgan fingerprint density at radius 1 is 0.737 bits per heavy atom. The van der Waals surface area contributed by atoms with E-state index in [-0.39, 0.29) is 0 Å². The van der Waals surface area contributed by atoms with Gasteiger partial charge in [-0.05, 0) is 39.9 Å². The van der Waals surface area contributed by atoms with Gasteiger partial charge in [0.15, 0.2) is 0 Å². The van der Waals surface area contributed by atoms with Gasteiger partial charge < -0.3 is 5.32 Å². The van der Waals surface area contributed by atoms with Crippen molar-refractivity contribution in [3.8, 4) is 0 Å². The molecule has 0 saturated carbocycles. The molecule has 92 valence electrons. The Kier molecular flexibility index (Phi) is 2.16. The zero-order valence-corrected chi connectivity index (χ0v) is 10.9. The van der Waals surface area contributed by atoms with Crippen LogP contribution in [0.4, 0.5) is 5.69 Å². The lowest BCUT2D eigenvalue weighted by atomic mass is 9.93. The van der Waals surface area contributed by atoms with Crippen LogP contribution < -0.4 is 5.32 Å². The summed E-state index contributed by atoms with van der Waals surface area (Å²) >= 11 is 0. The summed E-state index contributed by atoms with van der Waals surface area (Å²) in [6, 6.07) is 19.8. The van der Waals surface area contributed by atoms with Crippen molar-refractivity contribution in [3.63, 3.8) is 0 Å². The number of benzene rings is 4. The van der Waals surface area contributed by atoms with E-state index in [1.807, 2.05) is 0 Å². The van der Waals surface area contributed by atoms with Gasteiger partial charge >= 0.3 is 0 Å². The molecule has 4 rings (SSSR count). The van der Waals surface area contributed by atoms with Gasteiger partial charge in [-0.1, -0.05) is 48.5 Å². The molecule has 4 aromatic rings. The van der Waals surface area contributed by atoms with Gasteiger partial charge in [0, 0.05) is 17.6 Å². The molecule has 1 heteroatoms. The second-order valence-corrected chi connectivity index (χ2v) is 5.00. The number of anilines is 1. The van der Waals surface area contributed by atoms with Gasteiger partial charge in [-0.25, -0.2) is 0 Å². The first-order chi connectivity index (χ1) is 9.38. The van der Waals surface area contributed by atoms with E-state index in [1.165, 1.54) is 38.0 Å². The van der Waals surface area contributed by atoms with Crippen LogP contribution in [-0.2, 0) is 0 Å². The number of nitrogens with one attached hydrogen (secondary N) is 1. The summed E-state index contributed by atoms with van der Waals surface area (Å²) in [6.07, 6.45) is 0. The Hall–Kier alpha value is -2.28. The normalized spacial score (nSPS) is 11.6. The van der Waals surface area contributed by atoms with E-state index < -0.39 is 0 Å². The van der Waals surface area contributed by atoms with Crippen LogP contribution in [0.3, 0.4) is 0 Å². The fraction of sp³-hybridized carbons (Fsp3) is 0.111. The minimum Gasteiger partial charge on any atom is -0.385 e. The van der Waals surface area contributed by atoms with Crippen molar-refractivity contribution in [2.45, 2.75) is 6.92 Å². The van der Waals surface area contributed by atoms with Crippen LogP contribution in [0.1, 0.15) is 6.92 Å². The Balaban J connectivity index is 2.28. The number of rotatable bonds is 2. The van der Waals surface area contributed by atoms with Gasteiger partial charge in [-0.3, -0.25) is 0 Å². The molecule has 0 fully saturated rings. The van der Waals surface area contributed by atoms with Crippen molar-refractivity contribution in [2.24, 2.45) is 0 Å². The molecule has 0 aliphatic rings. The smallest absolute Gasteiger partial charge is 0.0420 e. The van der Waals surface area contributed by atoms with Gasteiger partial charge in [0.25, 0.3) is 0 Å². The highest BCUT2D eigenvalue weighted by atomic mass is 14.9. The SMILES string of the molecule is CCNc1ccc2ccc3cccc4ccc1c2c34. The lowest BCUT2D eigenvalue weighted by molar-refractivity contribution is 1.22. The molecule has 0 saturated heterocycles. The fourth-order valence-electron chi connectivity index (χ4n) is 3.08. The third-order valence-corrected chi connectivity index (χ3v) is 3.90.